The van der Waals surface area contributed by atoms with E-state index < -0.39 is 36.6 Å². The van der Waals surface area contributed by atoms with E-state index in [2.05, 4.69) is 11.2 Å². The molecule has 0 spiro atoms. The van der Waals surface area contributed by atoms with Crippen LogP contribution in [0.4, 0.5) is 0 Å². The monoisotopic (exact) mass is 545 g/mol. The molecule has 0 saturated carbocycles. The maximum atomic E-state index is 12.1. The second-order valence-corrected chi connectivity index (χ2v) is 9.35. The van der Waals surface area contributed by atoms with Crippen LogP contribution >= 0.6 is 0 Å². The van der Waals surface area contributed by atoms with Gasteiger partial charge in [0.25, 0.3) is 0 Å². The van der Waals surface area contributed by atoms with E-state index in [0.717, 1.165) is 16.7 Å². The molecule has 0 bridgehead atoms. The Kier molecular flexibility index (Phi) is 11.7. The molecule has 3 aromatic rings. The van der Waals surface area contributed by atoms with Crippen molar-refractivity contribution in [1.29, 1.82) is 0 Å². The number of carbonyl (C=O) groups is 1. The maximum Gasteiger partial charge on any atom is 0.246 e. The summed E-state index contributed by atoms with van der Waals surface area (Å²) in [6.45, 7) is 0.759. The minimum Gasteiger partial charge on any atom is -0.385 e. The van der Waals surface area contributed by atoms with Crippen molar-refractivity contribution in [3.05, 3.63) is 108 Å². The van der Waals surface area contributed by atoms with Crippen LogP contribution in [0.3, 0.4) is 0 Å². The number of terminal acetylenes is 1. The van der Waals surface area contributed by atoms with Crippen LogP contribution in [-0.2, 0) is 48.3 Å². The molecule has 0 aromatic heterocycles. The molecule has 5 atom stereocenters. The van der Waals surface area contributed by atoms with Crippen molar-refractivity contribution in [1.82, 2.24) is 5.32 Å². The Bertz CT molecular complexity index is 1190. The lowest BCUT2D eigenvalue weighted by molar-refractivity contribution is -0.317. The van der Waals surface area contributed by atoms with E-state index in [4.69, 9.17) is 30.1 Å². The molecule has 1 aliphatic heterocycles. The highest BCUT2D eigenvalue weighted by molar-refractivity contribution is 5.77. The zero-order chi connectivity index (χ0) is 28.0. The summed E-state index contributed by atoms with van der Waals surface area (Å²) in [5.74, 6) is 1.92. The van der Waals surface area contributed by atoms with Crippen molar-refractivity contribution in [2.24, 2.45) is 0 Å². The van der Waals surface area contributed by atoms with Crippen molar-refractivity contribution in [3.63, 3.8) is 0 Å². The van der Waals surface area contributed by atoms with Crippen LogP contribution < -0.4 is 5.32 Å². The Morgan fingerprint density at radius 2 is 1.32 bits per heavy atom. The van der Waals surface area contributed by atoms with Crippen LogP contribution in [0.1, 0.15) is 16.7 Å². The third-order valence-corrected chi connectivity index (χ3v) is 6.35. The third-order valence-electron chi connectivity index (χ3n) is 6.35. The molecule has 8 nitrogen and oxygen atoms in total. The zero-order valence-corrected chi connectivity index (χ0v) is 22.3. The molecular weight excluding hydrogens is 510 g/mol. The first kappa shape index (κ1) is 29.4. The fourth-order valence-corrected chi connectivity index (χ4v) is 4.32. The SMILES string of the molecule is C#CCNC(=O)CO[C@H]1O[C@H](COCc2ccccc2)[C@H](OCc2ccccc2)[C@H](OCc2ccccc2)[C@H]1O. The Labute approximate surface area is 235 Å². The van der Waals surface area contributed by atoms with Gasteiger partial charge in [0.2, 0.25) is 5.91 Å². The van der Waals surface area contributed by atoms with Gasteiger partial charge in [-0.2, -0.15) is 0 Å². The molecule has 40 heavy (non-hydrogen) atoms. The van der Waals surface area contributed by atoms with E-state index in [1.165, 1.54) is 0 Å². The van der Waals surface area contributed by atoms with Gasteiger partial charge < -0.3 is 34.1 Å². The van der Waals surface area contributed by atoms with Crippen molar-refractivity contribution in [2.75, 3.05) is 19.8 Å². The van der Waals surface area contributed by atoms with Crippen LogP contribution in [0.2, 0.25) is 0 Å². The summed E-state index contributed by atoms with van der Waals surface area (Å²) >= 11 is 0. The van der Waals surface area contributed by atoms with Gasteiger partial charge in [-0.05, 0) is 16.7 Å². The van der Waals surface area contributed by atoms with Gasteiger partial charge in [-0.15, -0.1) is 6.42 Å². The molecule has 210 valence electrons. The summed E-state index contributed by atoms with van der Waals surface area (Å²) in [6.07, 6.45) is 0.643. The summed E-state index contributed by atoms with van der Waals surface area (Å²) < 4.78 is 30.5. The average Bonchev–Trinajstić information content (AvgIpc) is 3.00. The zero-order valence-electron chi connectivity index (χ0n) is 22.3. The molecule has 1 amide bonds. The molecule has 1 fully saturated rings. The lowest BCUT2D eigenvalue weighted by Gasteiger charge is -2.44. The van der Waals surface area contributed by atoms with E-state index in [1.54, 1.807) is 0 Å². The number of benzene rings is 3. The van der Waals surface area contributed by atoms with Crippen molar-refractivity contribution in [2.45, 2.75) is 50.5 Å². The van der Waals surface area contributed by atoms with Gasteiger partial charge in [0.05, 0.1) is 33.0 Å². The summed E-state index contributed by atoms with van der Waals surface area (Å²) in [7, 11) is 0. The van der Waals surface area contributed by atoms with Gasteiger partial charge in [0.15, 0.2) is 6.29 Å². The molecule has 3 aromatic carbocycles. The average molecular weight is 546 g/mol. The first-order chi connectivity index (χ1) is 19.6. The number of amides is 1. The van der Waals surface area contributed by atoms with Crippen molar-refractivity contribution in [3.8, 4) is 12.3 Å². The van der Waals surface area contributed by atoms with Gasteiger partial charge in [0.1, 0.15) is 31.0 Å². The fraction of sp³-hybridized carbons (Fsp3) is 0.344. The quantitative estimate of drug-likeness (QED) is 0.301. The van der Waals surface area contributed by atoms with Gasteiger partial charge >= 0.3 is 0 Å². The third kappa shape index (κ3) is 9.00. The Balaban J connectivity index is 1.51. The van der Waals surface area contributed by atoms with Crippen LogP contribution in [0.25, 0.3) is 0 Å². The summed E-state index contributed by atoms with van der Waals surface area (Å²) in [6, 6.07) is 29.1. The number of carbonyl (C=O) groups excluding carboxylic acids is 1. The lowest BCUT2D eigenvalue weighted by Crippen LogP contribution is -2.61. The normalized spacial score (nSPS) is 22.4. The second-order valence-electron chi connectivity index (χ2n) is 9.35. The first-order valence-corrected chi connectivity index (χ1v) is 13.2. The number of ether oxygens (including phenoxy) is 5. The van der Waals surface area contributed by atoms with E-state index in [9.17, 15) is 9.90 Å². The van der Waals surface area contributed by atoms with Crippen LogP contribution in [0.5, 0.6) is 0 Å². The predicted octanol–water partition coefficient (Wildman–Crippen LogP) is 3.23. The largest absolute Gasteiger partial charge is 0.385 e. The predicted molar refractivity (Wildman–Crippen MR) is 149 cm³/mol. The molecule has 0 radical (unpaired) electrons. The number of rotatable bonds is 14. The van der Waals surface area contributed by atoms with Crippen LogP contribution in [-0.4, -0.2) is 61.5 Å². The molecule has 4 rings (SSSR count). The number of hydrogen-bond donors (Lipinski definition) is 2. The Hall–Kier alpha value is -3.55. The van der Waals surface area contributed by atoms with E-state index in [-0.39, 0.29) is 33.0 Å². The number of nitrogens with one attached hydrogen (secondary N) is 1. The topological polar surface area (TPSA) is 95.5 Å². The van der Waals surface area contributed by atoms with Crippen molar-refractivity contribution < 1.29 is 33.6 Å². The molecule has 1 heterocycles. The highest BCUT2D eigenvalue weighted by Crippen LogP contribution is 2.29. The molecule has 8 heteroatoms. The lowest BCUT2D eigenvalue weighted by atomic mass is 9.98. The Morgan fingerprint density at radius 3 is 1.88 bits per heavy atom. The summed E-state index contributed by atoms with van der Waals surface area (Å²) in [5, 5.41) is 13.9. The highest BCUT2D eigenvalue weighted by atomic mass is 16.7. The molecule has 1 aliphatic rings. The summed E-state index contributed by atoms with van der Waals surface area (Å²) in [5.41, 5.74) is 2.91. The van der Waals surface area contributed by atoms with Crippen molar-refractivity contribution >= 4 is 5.91 Å². The van der Waals surface area contributed by atoms with Crippen LogP contribution in [0, 0.1) is 12.3 Å². The second kappa shape index (κ2) is 15.9. The highest BCUT2D eigenvalue weighted by Gasteiger charge is 2.47. The smallest absolute Gasteiger partial charge is 0.246 e. The van der Waals surface area contributed by atoms with Crippen LogP contribution in [0.15, 0.2) is 91.0 Å². The number of aliphatic hydroxyl groups excluding tert-OH is 1. The minimum atomic E-state index is -1.24. The summed E-state index contributed by atoms with van der Waals surface area (Å²) in [4.78, 5) is 12.1. The molecular formula is C32H35NO7. The Morgan fingerprint density at radius 1 is 0.800 bits per heavy atom. The number of aliphatic hydroxyl groups is 1. The fourth-order valence-electron chi connectivity index (χ4n) is 4.32. The standard InChI is InChI=1S/C32H35NO7/c1-2-18-33-28(34)23-39-32-29(35)31(38-21-26-16-10-5-11-17-26)30(37-20-25-14-8-4-9-15-25)27(40-32)22-36-19-24-12-6-3-7-13-24/h1,3-17,27,29-32,35H,18-23H2,(H,33,34)/t27-,29-,30+,31-,32+/m1/s1. The molecule has 0 aliphatic carbocycles. The maximum absolute atomic E-state index is 12.1. The van der Waals surface area contributed by atoms with E-state index in [1.807, 2.05) is 91.0 Å². The van der Waals surface area contributed by atoms with E-state index >= 15 is 0 Å². The number of hydrogen-bond acceptors (Lipinski definition) is 7. The van der Waals surface area contributed by atoms with Gasteiger partial charge in [-0.1, -0.05) is 96.9 Å². The minimum absolute atomic E-state index is 0.0738. The van der Waals surface area contributed by atoms with Gasteiger partial charge in [-0.25, -0.2) is 0 Å². The first-order valence-electron chi connectivity index (χ1n) is 13.2. The molecule has 2 N–H and O–H groups in total. The van der Waals surface area contributed by atoms with Gasteiger partial charge in [-0.3, -0.25) is 4.79 Å². The molecule has 1 saturated heterocycles. The van der Waals surface area contributed by atoms with E-state index in [0.29, 0.717) is 6.61 Å². The van der Waals surface area contributed by atoms with Gasteiger partial charge in [0, 0.05) is 0 Å². The molecule has 0 unspecified atom stereocenters.